The summed E-state index contributed by atoms with van der Waals surface area (Å²) in [6, 6.07) is 8.93. The number of nitrogens with zero attached hydrogens (tertiary/aromatic N) is 2. The summed E-state index contributed by atoms with van der Waals surface area (Å²) in [5, 5.41) is 1.03. The summed E-state index contributed by atoms with van der Waals surface area (Å²) in [6.45, 7) is 5.37. The second-order valence-electron chi connectivity index (χ2n) is 5.76. The molecule has 1 aromatic heterocycles. The number of carbonyl (C=O) groups is 1. The summed E-state index contributed by atoms with van der Waals surface area (Å²) in [5.41, 5.74) is 1.68. The summed E-state index contributed by atoms with van der Waals surface area (Å²) >= 11 is 0. The standard InChI is InChI=1S/C17H20N2O2/c1-12-11-16(20)19(15-8-4-3-7-14(12)15)13(2)17(21)18-9-5-6-10-18/h3-4,7-8,11,13H,5-6,9-10H2,1-2H3. The van der Waals surface area contributed by atoms with Crippen LogP contribution in [0.1, 0.15) is 31.4 Å². The molecule has 3 rings (SSSR count). The van der Waals surface area contributed by atoms with Crippen LogP contribution in [0.5, 0.6) is 0 Å². The number of pyridine rings is 1. The molecule has 1 aromatic carbocycles. The van der Waals surface area contributed by atoms with Crippen LogP contribution in [0.25, 0.3) is 10.9 Å². The van der Waals surface area contributed by atoms with Gasteiger partial charge >= 0.3 is 0 Å². The van der Waals surface area contributed by atoms with Crippen molar-refractivity contribution in [3.63, 3.8) is 0 Å². The Kier molecular flexibility index (Phi) is 3.53. The van der Waals surface area contributed by atoms with Crippen molar-refractivity contribution < 1.29 is 4.79 Å². The van der Waals surface area contributed by atoms with Crippen LogP contribution in [0.15, 0.2) is 35.1 Å². The van der Waals surface area contributed by atoms with Gasteiger partial charge in [-0.25, -0.2) is 0 Å². The number of likely N-dealkylation sites (tertiary alicyclic amines) is 1. The minimum Gasteiger partial charge on any atom is -0.341 e. The Bertz CT molecular complexity index is 742. The Morgan fingerprint density at radius 3 is 2.57 bits per heavy atom. The predicted octanol–water partition coefficient (Wildman–Crippen LogP) is 2.49. The first-order valence-electron chi connectivity index (χ1n) is 7.49. The molecule has 1 saturated heterocycles. The first-order chi connectivity index (χ1) is 10.1. The molecule has 110 valence electrons. The molecule has 4 nitrogen and oxygen atoms in total. The molecule has 1 aliphatic rings. The van der Waals surface area contributed by atoms with Gasteiger partial charge in [-0.1, -0.05) is 18.2 Å². The fourth-order valence-corrected chi connectivity index (χ4v) is 3.18. The summed E-state index contributed by atoms with van der Waals surface area (Å²) < 4.78 is 1.63. The van der Waals surface area contributed by atoms with E-state index in [1.807, 2.05) is 43.0 Å². The average molecular weight is 284 g/mol. The van der Waals surface area contributed by atoms with Gasteiger partial charge in [-0.05, 0) is 38.3 Å². The van der Waals surface area contributed by atoms with E-state index in [4.69, 9.17) is 0 Å². The number of hydrogen-bond donors (Lipinski definition) is 0. The SMILES string of the molecule is Cc1cc(=O)n(C(C)C(=O)N2CCCC2)c2ccccc12. The highest BCUT2D eigenvalue weighted by molar-refractivity contribution is 5.86. The molecule has 1 fully saturated rings. The summed E-state index contributed by atoms with van der Waals surface area (Å²) in [4.78, 5) is 26.9. The van der Waals surface area contributed by atoms with Gasteiger partial charge in [-0.15, -0.1) is 0 Å². The zero-order valence-electron chi connectivity index (χ0n) is 12.5. The Balaban J connectivity index is 2.11. The number of benzene rings is 1. The zero-order valence-corrected chi connectivity index (χ0v) is 12.5. The lowest BCUT2D eigenvalue weighted by Gasteiger charge is -2.23. The van der Waals surface area contributed by atoms with Crippen molar-refractivity contribution in [2.45, 2.75) is 32.7 Å². The van der Waals surface area contributed by atoms with Crippen molar-refractivity contribution >= 4 is 16.8 Å². The van der Waals surface area contributed by atoms with Gasteiger partial charge in [0.05, 0.1) is 5.52 Å². The molecule has 0 aliphatic carbocycles. The zero-order chi connectivity index (χ0) is 15.0. The highest BCUT2D eigenvalue weighted by Gasteiger charge is 2.26. The number of aryl methyl sites for hydroxylation is 1. The highest BCUT2D eigenvalue weighted by atomic mass is 16.2. The van der Waals surface area contributed by atoms with Gasteiger partial charge in [0.15, 0.2) is 0 Å². The van der Waals surface area contributed by atoms with E-state index in [0.29, 0.717) is 0 Å². The number of carbonyl (C=O) groups excluding carboxylic acids is 1. The van der Waals surface area contributed by atoms with Crippen LogP contribution in [0.3, 0.4) is 0 Å². The monoisotopic (exact) mass is 284 g/mol. The molecule has 0 bridgehead atoms. The number of fused-ring (bicyclic) bond motifs is 1. The summed E-state index contributed by atoms with van der Waals surface area (Å²) in [7, 11) is 0. The van der Waals surface area contributed by atoms with Crippen LogP contribution < -0.4 is 5.56 Å². The number of hydrogen-bond acceptors (Lipinski definition) is 2. The second kappa shape index (κ2) is 5.35. The predicted molar refractivity (Wildman–Crippen MR) is 83.5 cm³/mol. The fourth-order valence-electron chi connectivity index (χ4n) is 3.18. The minimum absolute atomic E-state index is 0.0450. The number of para-hydroxylation sites is 1. The van der Waals surface area contributed by atoms with Gasteiger partial charge in [0.2, 0.25) is 5.91 Å². The van der Waals surface area contributed by atoms with E-state index in [9.17, 15) is 9.59 Å². The maximum atomic E-state index is 12.6. The van der Waals surface area contributed by atoms with Gasteiger partial charge in [0, 0.05) is 24.5 Å². The Hall–Kier alpha value is -2.10. The highest BCUT2D eigenvalue weighted by Crippen LogP contribution is 2.21. The van der Waals surface area contributed by atoms with Crippen molar-refractivity contribution in [3.8, 4) is 0 Å². The third-order valence-corrected chi connectivity index (χ3v) is 4.33. The Labute approximate surface area is 124 Å². The molecule has 4 heteroatoms. The maximum absolute atomic E-state index is 12.6. The largest absolute Gasteiger partial charge is 0.341 e. The summed E-state index contributed by atoms with van der Waals surface area (Å²) in [6.07, 6.45) is 2.12. The number of rotatable bonds is 2. The van der Waals surface area contributed by atoms with E-state index in [1.165, 1.54) is 0 Å². The van der Waals surface area contributed by atoms with Crippen LogP contribution in [0, 0.1) is 6.92 Å². The van der Waals surface area contributed by atoms with E-state index < -0.39 is 6.04 Å². The van der Waals surface area contributed by atoms with Crippen LogP contribution in [0.2, 0.25) is 0 Å². The van der Waals surface area contributed by atoms with E-state index in [2.05, 4.69) is 0 Å². The molecule has 0 N–H and O–H groups in total. The van der Waals surface area contributed by atoms with E-state index in [-0.39, 0.29) is 11.5 Å². The molecule has 0 radical (unpaired) electrons. The Morgan fingerprint density at radius 1 is 1.19 bits per heavy atom. The van der Waals surface area contributed by atoms with Crippen LogP contribution in [-0.2, 0) is 4.79 Å². The molecule has 1 unspecified atom stereocenters. The van der Waals surface area contributed by atoms with Crippen LogP contribution in [0.4, 0.5) is 0 Å². The van der Waals surface area contributed by atoms with E-state index in [1.54, 1.807) is 10.6 Å². The third kappa shape index (κ3) is 2.35. The number of amides is 1. The Morgan fingerprint density at radius 2 is 1.86 bits per heavy atom. The van der Waals surface area contributed by atoms with Gasteiger partial charge < -0.3 is 4.90 Å². The first-order valence-corrected chi connectivity index (χ1v) is 7.49. The van der Waals surface area contributed by atoms with Crippen LogP contribution >= 0.6 is 0 Å². The molecule has 2 aromatic rings. The molecule has 0 spiro atoms. The van der Waals surface area contributed by atoms with Crippen molar-refractivity contribution in [1.29, 1.82) is 0 Å². The second-order valence-corrected chi connectivity index (χ2v) is 5.76. The molecule has 21 heavy (non-hydrogen) atoms. The smallest absolute Gasteiger partial charge is 0.252 e. The lowest BCUT2D eigenvalue weighted by Crippen LogP contribution is -2.37. The molecule has 1 aliphatic heterocycles. The minimum atomic E-state index is -0.457. The van der Waals surface area contributed by atoms with Gasteiger partial charge in [-0.3, -0.25) is 14.2 Å². The lowest BCUT2D eigenvalue weighted by molar-refractivity contribution is -0.133. The maximum Gasteiger partial charge on any atom is 0.252 e. The van der Waals surface area contributed by atoms with Crippen LogP contribution in [-0.4, -0.2) is 28.5 Å². The third-order valence-electron chi connectivity index (χ3n) is 4.33. The summed E-state index contributed by atoms with van der Waals surface area (Å²) in [5.74, 6) is 0.0450. The molecule has 2 heterocycles. The van der Waals surface area contributed by atoms with Gasteiger partial charge in [0.25, 0.3) is 5.56 Å². The van der Waals surface area contributed by atoms with Crippen molar-refractivity contribution in [1.82, 2.24) is 9.47 Å². The van der Waals surface area contributed by atoms with E-state index in [0.717, 1.165) is 42.4 Å². The van der Waals surface area contributed by atoms with Gasteiger partial charge in [0.1, 0.15) is 6.04 Å². The van der Waals surface area contributed by atoms with Gasteiger partial charge in [-0.2, -0.15) is 0 Å². The quantitative estimate of drug-likeness (QED) is 0.850. The fraction of sp³-hybridized carbons (Fsp3) is 0.412. The van der Waals surface area contributed by atoms with Crippen molar-refractivity contribution in [2.75, 3.05) is 13.1 Å². The molecular weight excluding hydrogens is 264 g/mol. The molecule has 1 atom stereocenters. The topological polar surface area (TPSA) is 42.3 Å². The molecular formula is C17H20N2O2. The normalized spacial score (nSPS) is 16.4. The lowest BCUT2D eigenvalue weighted by atomic mass is 10.1. The van der Waals surface area contributed by atoms with Crippen molar-refractivity contribution in [2.24, 2.45) is 0 Å². The molecule has 0 saturated carbocycles. The van der Waals surface area contributed by atoms with Crippen molar-refractivity contribution in [3.05, 3.63) is 46.2 Å². The number of aromatic nitrogens is 1. The first kappa shape index (κ1) is 13.9. The van der Waals surface area contributed by atoms with E-state index >= 15 is 0 Å². The average Bonchev–Trinajstić information content (AvgIpc) is 3.00. The molecule has 1 amide bonds.